The molecule has 10 heavy (non-hydrogen) atoms. The lowest BCUT2D eigenvalue weighted by atomic mass is 9.83. The van der Waals surface area contributed by atoms with Crippen LogP contribution in [0.25, 0.3) is 0 Å². The highest BCUT2D eigenvalue weighted by Crippen LogP contribution is 2.23. The number of halogens is 1. The van der Waals surface area contributed by atoms with Crippen molar-refractivity contribution in [1.29, 1.82) is 0 Å². The molecule has 1 saturated heterocycles. The number of alkyl halides is 1. The summed E-state index contributed by atoms with van der Waals surface area (Å²) in [7, 11) is 5.30. The quantitative estimate of drug-likeness (QED) is 0.491. The molecule has 0 aromatic carbocycles. The van der Waals surface area contributed by atoms with Crippen LogP contribution in [-0.4, -0.2) is 37.4 Å². The second-order valence-electron chi connectivity index (χ2n) is 3.35. The smallest absolute Gasteiger partial charge is 0.123 e. The molecule has 0 N–H and O–H groups in total. The van der Waals surface area contributed by atoms with Crippen LogP contribution in [0, 0.1) is 0 Å². The van der Waals surface area contributed by atoms with E-state index < -0.39 is 5.57 Å². The van der Waals surface area contributed by atoms with Crippen LogP contribution in [0.3, 0.4) is 0 Å². The molecule has 1 aliphatic rings. The minimum Gasteiger partial charge on any atom is -0.299 e. The van der Waals surface area contributed by atoms with Crippen molar-refractivity contribution in [3.05, 3.63) is 0 Å². The lowest BCUT2D eigenvalue weighted by Gasteiger charge is -2.21. The maximum Gasteiger partial charge on any atom is 0.123 e. The Morgan fingerprint density at radius 2 is 2.20 bits per heavy atom. The Hall–Kier alpha value is -0.0451. The van der Waals surface area contributed by atoms with E-state index >= 15 is 0 Å². The van der Waals surface area contributed by atoms with Gasteiger partial charge in [0.15, 0.2) is 0 Å². The van der Waals surface area contributed by atoms with Crippen molar-refractivity contribution in [3.63, 3.8) is 0 Å². The number of likely N-dealkylation sites (tertiary alicyclic amines) is 1. The minimum absolute atomic E-state index is 0.394. The highest BCUT2D eigenvalue weighted by Gasteiger charge is 2.33. The first kappa shape index (κ1) is 8.06. The highest BCUT2D eigenvalue weighted by atomic mass is 19.1. The molecule has 1 nitrogen and oxygen atoms in total. The molecule has 1 atom stereocenters. The standard InChI is InChI=1S/C7H13BFN/c1-6(2)10-4-3-7(8,9)5-10/h6H,3-5H2,1-2H3. The zero-order valence-corrected chi connectivity index (χ0v) is 6.60. The third-order valence-electron chi connectivity index (χ3n) is 2.01. The molecule has 0 aliphatic carbocycles. The predicted octanol–water partition coefficient (Wildman–Crippen LogP) is 0.935. The third kappa shape index (κ3) is 1.72. The van der Waals surface area contributed by atoms with Gasteiger partial charge in [-0.05, 0) is 20.3 Å². The fourth-order valence-electron chi connectivity index (χ4n) is 1.27. The fourth-order valence-corrected chi connectivity index (χ4v) is 1.27. The summed E-state index contributed by atoms with van der Waals surface area (Å²) >= 11 is 0. The first-order chi connectivity index (χ1) is 4.51. The van der Waals surface area contributed by atoms with Crippen molar-refractivity contribution >= 4 is 7.85 Å². The second kappa shape index (κ2) is 2.53. The van der Waals surface area contributed by atoms with Crippen LogP contribution < -0.4 is 0 Å². The van der Waals surface area contributed by atoms with E-state index in [4.69, 9.17) is 7.85 Å². The van der Waals surface area contributed by atoms with Gasteiger partial charge in [-0.1, -0.05) is 0 Å². The van der Waals surface area contributed by atoms with Gasteiger partial charge in [-0.25, -0.2) is 0 Å². The van der Waals surface area contributed by atoms with Crippen LogP contribution in [0.5, 0.6) is 0 Å². The number of hydrogen-bond acceptors (Lipinski definition) is 1. The molecule has 1 rings (SSSR count). The average molecular weight is 141 g/mol. The predicted molar refractivity (Wildman–Crippen MR) is 40.9 cm³/mol. The number of rotatable bonds is 1. The maximum atomic E-state index is 13.0. The van der Waals surface area contributed by atoms with E-state index in [1.807, 2.05) is 0 Å². The molecule has 56 valence electrons. The Morgan fingerprint density at radius 3 is 2.40 bits per heavy atom. The molecule has 1 fully saturated rings. The van der Waals surface area contributed by atoms with Crippen LogP contribution in [0.1, 0.15) is 20.3 Å². The minimum atomic E-state index is -1.43. The normalized spacial score (nSPS) is 35.6. The Balaban J connectivity index is 2.43. The summed E-state index contributed by atoms with van der Waals surface area (Å²) in [6.07, 6.45) is 0.477. The second-order valence-corrected chi connectivity index (χ2v) is 3.35. The summed E-state index contributed by atoms with van der Waals surface area (Å²) in [5.74, 6) is 0. The van der Waals surface area contributed by atoms with Crippen LogP contribution >= 0.6 is 0 Å². The molecule has 2 radical (unpaired) electrons. The van der Waals surface area contributed by atoms with Crippen molar-refractivity contribution in [2.75, 3.05) is 13.1 Å². The van der Waals surface area contributed by atoms with E-state index in [-0.39, 0.29) is 0 Å². The molecular weight excluding hydrogens is 128 g/mol. The van der Waals surface area contributed by atoms with E-state index in [1.54, 1.807) is 0 Å². The zero-order valence-electron chi connectivity index (χ0n) is 6.60. The van der Waals surface area contributed by atoms with Crippen molar-refractivity contribution in [3.8, 4) is 0 Å². The summed E-state index contributed by atoms with van der Waals surface area (Å²) in [4.78, 5) is 2.06. The van der Waals surface area contributed by atoms with Crippen molar-refractivity contribution in [2.24, 2.45) is 0 Å². The lowest BCUT2D eigenvalue weighted by Crippen LogP contribution is -2.33. The van der Waals surface area contributed by atoms with Gasteiger partial charge in [-0.2, -0.15) is 0 Å². The van der Waals surface area contributed by atoms with Crippen LogP contribution in [-0.2, 0) is 0 Å². The van der Waals surface area contributed by atoms with E-state index in [0.29, 0.717) is 19.0 Å². The van der Waals surface area contributed by atoms with Gasteiger partial charge in [-0.3, -0.25) is 9.29 Å². The fraction of sp³-hybridized carbons (Fsp3) is 1.00. The largest absolute Gasteiger partial charge is 0.299 e. The lowest BCUT2D eigenvalue weighted by molar-refractivity contribution is 0.225. The summed E-state index contributed by atoms with van der Waals surface area (Å²) in [6.45, 7) is 5.30. The van der Waals surface area contributed by atoms with E-state index in [0.717, 1.165) is 6.54 Å². The molecule has 0 aromatic rings. The van der Waals surface area contributed by atoms with Gasteiger partial charge in [0.1, 0.15) is 7.85 Å². The number of nitrogens with zero attached hydrogens (tertiary/aromatic N) is 1. The van der Waals surface area contributed by atoms with Gasteiger partial charge >= 0.3 is 0 Å². The molecular formula is C7H13BFN. The van der Waals surface area contributed by atoms with E-state index in [9.17, 15) is 4.39 Å². The molecule has 0 spiro atoms. The molecule has 0 bridgehead atoms. The third-order valence-corrected chi connectivity index (χ3v) is 2.01. The number of hydrogen-bond donors (Lipinski definition) is 0. The first-order valence-corrected chi connectivity index (χ1v) is 3.73. The van der Waals surface area contributed by atoms with Crippen LogP contribution in [0.4, 0.5) is 4.39 Å². The summed E-state index contributed by atoms with van der Waals surface area (Å²) in [6, 6.07) is 0.418. The highest BCUT2D eigenvalue weighted by molar-refractivity contribution is 6.14. The molecule has 1 unspecified atom stereocenters. The van der Waals surface area contributed by atoms with E-state index in [2.05, 4.69) is 18.7 Å². The summed E-state index contributed by atoms with van der Waals surface area (Å²) in [5, 5.41) is 0. The van der Waals surface area contributed by atoms with Crippen LogP contribution in [0.2, 0.25) is 0 Å². The summed E-state index contributed by atoms with van der Waals surface area (Å²) < 4.78 is 13.0. The maximum absolute atomic E-state index is 13.0. The zero-order chi connectivity index (χ0) is 7.78. The van der Waals surface area contributed by atoms with Gasteiger partial charge in [-0.15, -0.1) is 0 Å². The Labute approximate surface area is 63.0 Å². The average Bonchev–Trinajstić information content (AvgIpc) is 2.10. The van der Waals surface area contributed by atoms with Crippen molar-refractivity contribution < 1.29 is 4.39 Å². The molecule has 3 heteroatoms. The first-order valence-electron chi connectivity index (χ1n) is 3.73. The molecule has 0 aromatic heterocycles. The van der Waals surface area contributed by atoms with Crippen molar-refractivity contribution in [1.82, 2.24) is 4.90 Å². The Kier molecular flexibility index (Phi) is 2.04. The summed E-state index contributed by atoms with van der Waals surface area (Å²) in [5.41, 5.74) is -1.43. The van der Waals surface area contributed by atoms with Crippen molar-refractivity contribution in [2.45, 2.75) is 31.9 Å². The monoisotopic (exact) mass is 141 g/mol. The molecule has 1 heterocycles. The Bertz CT molecular complexity index is 125. The molecule has 0 saturated carbocycles. The van der Waals surface area contributed by atoms with E-state index in [1.165, 1.54) is 0 Å². The van der Waals surface area contributed by atoms with Gasteiger partial charge in [0.2, 0.25) is 0 Å². The van der Waals surface area contributed by atoms with Gasteiger partial charge in [0.25, 0.3) is 0 Å². The molecule has 1 aliphatic heterocycles. The van der Waals surface area contributed by atoms with Gasteiger partial charge in [0, 0.05) is 19.1 Å². The van der Waals surface area contributed by atoms with Gasteiger partial charge < -0.3 is 0 Å². The molecule has 0 amide bonds. The topological polar surface area (TPSA) is 3.24 Å². The Morgan fingerprint density at radius 1 is 1.60 bits per heavy atom. The van der Waals surface area contributed by atoms with Crippen LogP contribution in [0.15, 0.2) is 0 Å². The van der Waals surface area contributed by atoms with Gasteiger partial charge in [0.05, 0.1) is 5.57 Å². The SMILES string of the molecule is [B]C1(F)CCN(C(C)C)C1.